The van der Waals surface area contributed by atoms with E-state index in [1.165, 1.54) is 10.4 Å². The highest BCUT2D eigenvalue weighted by atomic mass is 32.2. The lowest BCUT2D eigenvalue weighted by Gasteiger charge is -2.27. The minimum Gasteiger partial charge on any atom is -0.340 e. The molecule has 1 aliphatic heterocycles. The number of hydrogen-bond donors (Lipinski definition) is 1. The molecule has 5 nitrogen and oxygen atoms in total. The summed E-state index contributed by atoms with van der Waals surface area (Å²) in [6.07, 6.45) is 2.17. The smallest absolute Gasteiger partial charge is 0.223 e. The fourth-order valence-electron chi connectivity index (χ4n) is 3.00. The van der Waals surface area contributed by atoms with Crippen LogP contribution < -0.4 is 5.32 Å². The van der Waals surface area contributed by atoms with Crippen LogP contribution in [0.2, 0.25) is 0 Å². The van der Waals surface area contributed by atoms with E-state index in [-0.39, 0.29) is 5.91 Å². The van der Waals surface area contributed by atoms with Gasteiger partial charge in [0.05, 0.1) is 0 Å². The van der Waals surface area contributed by atoms with Gasteiger partial charge in [0, 0.05) is 48.6 Å². The molecule has 1 amide bonds. The van der Waals surface area contributed by atoms with Gasteiger partial charge in [0.25, 0.3) is 0 Å². The molecular formula is C19H20N4OS2. The molecule has 0 unspecified atom stereocenters. The fourth-order valence-corrected chi connectivity index (χ4v) is 4.97. The summed E-state index contributed by atoms with van der Waals surface area (Å²) in [4.78, 5) is 25.3. The molecule has 0 radical (unpaired) electrons. The number of benzene rings is 1. The Bertz CT molecular complexity index is 891. The highest BCUT2D eigenvalue weighted by molar-refractivity contribution is 7.99. The first-order valence-electron chi connectivity index (χ1n) is 8.72. The van der Waals surface area contributed by atoms with Crippen LogP contribution in [0.1, 0.15) is 6.42 Å². The van der Waals surface area contributed by atoms with E-state index in [2.05, 4.69) is 33.5 Å². The second-order valence-electron chi connectivity index (χ2n) is 6.10. The molecule has 1 aliphatic rings. The van der Waals surface area contributed by atoms with Crippen LogP contribution >= 0.6 is 23.1 Å². The molecule has 0 atom stereocenters. The van der Waals surface area contributed by atoms with Crippen molar-refractivity contribution >= 4 is 39.2 Å². The number of thioether (sulfide) groups is 1. The van der Waals surface area contributed by atoms with Crippen LogP contribution in [0.25, 0.3) is 20.7 Å². The minimum atomic E-state index is 0.236. The lowest BCUT2D eigenvalue weighted by Crippen LogP contribution is -2.46. The second kappa shape index (κ2) is 8.16. The quantitative estimate of drug-likeness (QED) is 0.540. The Balaban J connectivity index is 1.45. The molecule has 1 N–H and O–H groups in total. The molecule has 2 aromatic heterocycles. The van der Waals surface area contributed by atoms with E-state index in [1.54, 1.807) is 29.4 Å². The molecule has 0 aliphatic carbocycles. The molecule has 1 aromatic carbocycles. The van der Waals surface area contributed by atoms with E-state index in [0.29, 0.717) is 6.42 Å². The summed E-state index contributed by atoms with van der Waals surface area (Å²) in [5, 5.41) is 5.31. The number of nitrogens with one attached hydrogen (secondary N) is 1. The molecule has 3 aromatic rings. The standard InChI is InChI=1S/C19H20N4OS2/c24-17(23-9-7-20-8-10-23)6-11-25-18-15-12-16(14-4-2-1-3-5-14)26-19(15)22-13-21-18/h1-5,12-13,20H,6-11H2. The van der Waals surface area contributed by atoms with Crippen LogP contribution in [0.5, 0.6) is 0 Å². The van der Waals surface area contributed by atoms with Crippen molar-refractivity contribution in [1.29, 1.82) is 0 Å². The zero-order valence-corrected chi connectivity index (χ0v) is 16.0. The van der Waals surface area contributed by atoms with E-state index in [9.17, 15) is 4.79 Å². The van der Waals surface area contributed by atoms with Crippen molar-refractivity contribution in [3.63, 3.8) is 0 Å². The Morgan fingerprint density at radius 2 is 2.00 bits per heavy atom. The van der Waals surface area contributed by atoms with Crippen LogP contribution in [-0.4, -0.2) is 52.7 Å². The molecule has 3 heterocycles. The average molecular weight is 385 g/mol. The molecule has 7 heteroatoms. The topological polar surface area (TPSA) is 58.1 Å². The van der Waals surface area contributed by atoms with Crippen LogP contribution in [0, 0.1) is 0 Å². The molecule has 134 valence electrons. The molecule has 0 bridgehead atoms. The van der Waals surface area contributed by atoms with Crippen molar-refractivity contribution < 1.29 is 4.79 Å². The summed E-state index contributed by atoms with van der Waals surface area (Å²) < 4.78 is 0. The minimum absolute atomic E-state index is 0.236. The van der Waals surface area contributed by atoms with E-state index in [1.807, 2.05) is 23.1 Å². The highest BCUT2D eigenvalue weighted by Gasteiger charge is 2.16. The maximum atomic E-state index is 12.3. The normalized spacial score (nSPS) is 14.7. The molecule has 26 heavy (non-hydrogen) atoms. The van der Waals surface area contributed by atoms with Gasteiger partial charge in [-0.05, 0) is 11.6 Å². The summed E-state index contributed by atoms with van der Waals surface area (Å²) in [6.45, 7) is 3.41. The van der Waals surface area contributed by atoms with Gasteiger partial charge in [-0.25, -0.2) is 9.97 Å². The Kier molecular flexibility index (Phi) is 5.48. The zero-order chi connectivity index (χ0) is 17.8. The van der Waals surface area contributed by atoms with Crippen molar-refractivity contribution in [2.24, 2.45) is 0 Å². The summed E-state index contributed by atoms with van der Waals surface area (Å²) in [7, 11) is 0. The molecule has 0 saturated carbocycles. The van der Waals surface area contributed by atoms with Gasteiger partial charge in [-0.1, -0.05) is 30.3 Å². The Morgan fingerprint density at radius 1 is 1.19 bits per heavy atom. The average Bonchev–Trinajstić information content (AvgIpc) is 3.14. The van der Waals surface area contributed by atoms with Crippen molar-refractivity contribution in [3.8, 4) is 10.4 Å². The molecule has 1 saturated heterocycles. The molecule has 0 spiro atoms. The summed E-state index contributed by atoms with van der Waals surface area (Å²) in [5.41, 5.74) is 1.19. The maximum absolute atomic E-state index is 12.3. The van der Waals surface area contributed by atoms with Crippen molar-refractivity contribution in [2.45, 2.75) is 11.4 Å². The Morgan fingerprint density at radius 3 is 2.81 bits per heavy atom. The van der Waals surface area contributed by atoms with Crippen LogP contribution in [0.15, 0.2) is 47.8 Å². The second-order valence-corrected chi connectivity index (χ2v) is 8.22. The van der Waals surface area contributed by atoms with Gasteiger partial charge in [0.1, 0.15) is 16.2 Å². The number of rotatable bonds is 5. The van der Waals surface area contributed by atoms with Gasteiger partial charge < -0.3 is 10.2 Å². The SMILES string of the molecule is O=C(CCSc1ncnc2sc(-c3ccccc3)cc12)N1CCNCC1. The molecule has 1 fully saturated rings. The number of piperazine rings is 1. The van der Waals surface area contributed by atoms with Crippen LogP contribution in [0.3, 0.4) is 0 Å². The zero-order valence-electron chi connectivity index (χ0n) is 14.4. The molecule has 4 rings (SSSR count). The van der Waals surface area contributed by atoms with Crippen molar-refractivity contribution in [3.05, 3.63) is 42.7 Å². The number of amides is 1. The number of fused-ring (bicyclic) bond motifs is 1. The number of nitrogens with zero attached hydrogens (tertiary/aromatic N) is 3. The Hall–Kier alpha value is -1.96. The highest BCUT2D eigenvalue weighted by Crippen LogP contribution is 2.36. The van der Waals surface area contributed by atoms with E-state index in [4.69, 9.17) is 0 Å². The predicted molar refractivity (Wildman–Crippen MR) is 108 cm³/mol. The van der Waals surface area contributed by atoms with Crippen LogP contribution in [0.4, 0.5) is 0 Å². The van der Waals surface area contributed by atoms with Gasteiger partial charge in [0.2, 0.25) is 5.91 Å². The first-order valence-corrected chi connectivity index (χ1v) is 10.5. The largest absolute Gasteiger partial charge is 0.340 e. The number of carbonyl (C=O) groups is 1. The summed E-state index contributed by atoms with van der Waals surface area (Å²) >= 11 is 3.32. The third-order valence-electron chi connectivity index (χ3n) is 4.38. The van der Waals surface area contributed by atoms with Crippen molar-refractivity contribution in [1.82, 2.24) is 20.2 Å². The lowest BCUT2D eigenvalue weighted by atomic mass is 10.2. The van der Waals surface area contributed by atoms with Gasteiger partial charge in [-0.3, -0.25) is 4.79 Å². The van der Waals surface area contributed by atoms with E-state index < -0.39 is 0 Å². The van der Waals surface area contributed by atoms with E-state index in [0.717, 1.165) is 47.2 Å². The summed E-state index contributed by atoms with van der Waals surface area (Å²) in [5.74, 6) is 0.977. The third kappa shape index (κ3) is 3.90. The van der Waals surface area contributed by atoms with Gasteiger partial charge in [-0.2, -0.15) is 0 Å². The fraction of sp³-hybridized carbons (Fsp3) is 0.316. The van der Waals surface area contributed by atoms with E-state index >= 15 is 0 Å². The first kappa shape index (κ1) is 17.5. The van der Waals surface area contributed by atoms with Gasteiger partial charge in [-0.15, -0.1) is 23.1 Å². The predicted octanol–water partition coefficient (Wildman–Crippen LogP) is 3.27. The number of carbonyl (C=O) groups excluding carboxylic acids is 1. The lowest BCUT2D eigenvalue weighted by molar-refractivity contribution is -0.131. The van der Waals surface area contributed by atoms with Crippen molar-refractivity contribution in [2.75, 3.05) is 31.9 Å². The van der Waals surface area contributed by atoms with Gasteiger partial charge >= 0.3 is 0 Å². The number of hydrogen-bond acceptors (Lipinski definition) is 6. The number of aromatic nitrogens is 2. The van der Waals surface area contributed by atoms with Crippen LogP contribution in [-0.2, 0) is 4.79 Å². The Labute approximate surface area is 160 Å². The maximum Gasteiger partial charge on any atom is 0.223 e. The number of thiophene rings is 1. The molecular weight excluding hydrogens is 364 g/mol. The first-order chi connectivity index (χ1) is 12.8. The third-order valence-corrected chi connectivity index (χ3v) is 6.47. The van der Waals surface area contributed by atoms with Gasteiger partial charge in [0.15, 0.2) is 0 Å². The summed E-state index contributed by atoms with van der Waals surface area (Å²) in [6, 6.07) is 12.5. The monoisotopic (exact) mass is 384 g/mol.